The summed E-state index contributed by atoms with van der Waals surface area (Å²) in [5.74, 6) is 1.02. The number of rotatable bonds is 7. The molecule has 0 saturated carbocycles. The van der Waals surface area contributed by atoms with Crippen molar-refractivity contribution in [3.8, 4) is 17.4 Å². The molecule has 0 spiro atoms. The molecule has 2 N–H and O–H groups in total. The lowest BCUT2D eigenvalue weighted by molar-refractivity contribution is 0.0664. The minimum absolute atomic E-state index is 0.00480. The van der Waals surface area contributed by atoms with Crippen molar-refractivity contribution in [3.63, 3.8) is 0 Å². The monoisotopic (exact) mass is 602 g/mol. The summed E-state index contributed by atoms with van der Waals surface area (Å²) in [6, 6.07) is 14.2. The van der Waals surface area contributed by atoms with Crippen molar-refractivity contribution >= 4 is 29.3 Å². The first-order chi connectivity index (χ1) is 21.4. The van der Waals surface area contributed by atoms with Crippen LogP contribution in [0.2, 0.25) is 0 Å². The molecule has 2 aromatic carbocycles. The summed E-state index contributed by atoms with van der Waals surface area (Å²) in [7, 11) is 2.05. The topological polar surface area (TPSA) is 134 Å². The largest absolute Gasteiger partial charge is 0.457 e. The van der Waals surface area contributed by atoms with E-state index in [1.807, 2.05) is 17.0 Å². The smallest absolute Gasteiger partial charge is 0.323 e. The molecule has 3 saturated heterocycles. The second-order valence-electron chi connectivity index (χ2n) is 11.3. The van der Waals surface area contributed by atoms with Gasteiger partial charge in [-0.25, -0.2) is 4.79 Å². The number of anilines is 3. The third-order valence-electron chi connectivity index (χ3n) is 7.97. The highest BCUT2D eigenvalue weighted by Crippen LogP contribution is 2.25. The van der Waals surface area contributed by atoms with Crippen LogP contribution in [0, 0.1) is 0 Å². The predicted molar refractivity (Wildman–Crippen MR) is 165 cm³/mol. The second kappa shape index (κ2) is 13.5. The number of benzene rings is 2. The van der Waals surface area contributed by atoms with E-state index < -0.39 is 6.03 Å². The van der Waals surface area contributed by atoms with Crippen molar-refractivity contribution in [2.45, 2.75) is 25.5 Å². The standard InChI is InChI=1S/C31H38N8O5/c1-21-19-43-18-16-39(21)29-34-27(35-31(36-29)44-26-11-17-42-20-26)22-3-7-24(8-4-22)32-30(41)33-25-9-5-23(6-10-25)28(40)38-14-12-37(2)13-15-38/h3-10,21,26H,11-20H2,1-2H3,(H2,32,33,41). The lowest BCUT2D eigenvalue weighted by Gasteiger charge is -2.33. The van der Waals surface area contributed by atoms with Gasteiger partial charge in [0, 0.05) is 61.6 Å². The molecule has 1 aromatic heterocycles. The average Bonchev–Trinajstić information content (AvgIpc) is 3.55. The SMILES string of the molecule is CC1COCCN1c1nc(OC2CCOC2)nc(-c2ccc(NC(=O)Nc3ccc(C(=O)N4CCN(C)CC4)cc3)cc2)n1. The molecule has 0 aliphatic carbocycles. The molecule has 3 aromatic rings. The fourth-order valence-electron chi connectivity index (χ4n) is 5.32. The number of aromatic nitrogens is 3. The van der Waals surface area contributed by atoms with Gasteiger partial charge in [-0.3, -0.25) is 4.79 Å². The number of ether oxygens (including phenoxy) is 3. The third kappa shape index (κ3) is 7.24. The van der Waals surface area contributed by atoms with Gasteiger partial charge in [-0.2, -0.15) is 15.0 Å². The van der Waals surface area contributed by atoms with Crippen LogP contribution in [-0.2, 0) is 9.47 Å². The lowest BCUT2D eigenvalue weighted by Crippen LogP contribution is -2.47. The van der Waals surface area contributed by atoms with Gasteiger partial charge < -0.3 is 39.5 Å². The normalized spacial score (nSPS) is 20.8. The third-order valence-corrected chi connectivity index (χ3v) is 7.97. The fourth-order valence-corrected chi connectivity index (χ4v) is 5.32. The number of carbonyl (C=O) groups is 2. The number of hydrogen-bond acceptors (Lipinski definition) is 10. The number of hydrogen-bond donors (Lipinski definition) is 2. The maximum Gasteiger partial charge on any atom is 0.323 e. The molecule has 4 heterocycles. The van der Waals surface area contributed by atoms with Gasteiger partial charge in [0.15, 0.2) is 5.82 Å². The predicted octanol–water partition coefficient (Wildman–Crippen LogP) is 2.96. The van der Waals surface area contributed by atoms with Crippen LogP contribution in [0.25, 0.3) is 11.4 Å². The highest BCUT2D eigenvalue weighted by molar-refractivity contribution is 6.00. The highest BCUT2D eigenvalue weighted by atomic mass is 16.6. The summed E-state index contributed by atoms with van der Waals surface area (Å²) in [6.45, 7) is 8.24. The van der Waals surface area contributed by atoms with Crippen LogP contribution in [0.5, 0.6) is 6.01 Å². The Morgan fingerprint density at radius 1 is 0.841 bits per heavy atom. The van der Waals surface area contributed by atoms with Crippen LogP contribution < -0.4 is 20.3 Å². The summed E-state index contributed by atoms with van der Waals surface area (Å²) in [6.07, 6.45) is 0.685. The minimum Gasteiger partial charge on any atom is -0.457 e. The Hall–Kier alpha value is -4.33. The highest BCUT2D eigenvalue weighted by Gasteiger charge is 2.25. The number of carbonyl (C=O) groups excluding carboxylic acids is 2. The summed E-state index contributed by atoms with van der Waals surface area (Å²) >= 11 is 0. The van der Waals surface area contributed by atoms with Crippen molar-refractivity contribution in [2.24, 2.45) is 0 Å². The van der Waals surface area contributed by atoms with Crippen LogP contribution in [-0.4, -0.2) is 115 Å². The number of piperazine rings is 1. The number of morpholine rings is 1. The van der Waals surface area contributed by atoms with Crippen LogP contribution in [0.15, 0.2) is 48.5 Å². The van der Waals surface area contributed by atoms with Gasteiger partial charge in [-0.15, -0.1) is 0 Å². The van der Waals surface area contributed by atoms with Gasteiger partial charge in [0.25, 0.3) is 5.91 Å². The van der Waals surface area contributed by atoms with E-state index in [1.165, 1.54) is 0 Å². The van der Waals surface area contributed by atoms with Crippen LogP contribution >= 0.6 is 0 Å². The summed E-state index contributed by atoms with van der Waals surface area (Å²) in [5, 5.41) is 5.67. The molecule has 13 nitrogen and oxygen atoms in total. The van der Waals surface area contributed by atoms with Crippen molar-refractivity contribution in [1.82, 2.24) is 24.8 Å². The summed E-state index contributed by atoms with van der Waals surface area (Å²) < 4.78 is 17.1. The molecule has 44 heavy (non-hydrogen) atoms. The van der Waals surface area contributed by atoms with Crippen LogP contribution in [0.4, 0.5) is 22.1 Å². The molecule has 3 amide bonds. The molecular formula is C31H38N8O5. The van der Waals surface area contributed by atoms with Gasteiger partial charge in [-0.05, 0) is 62.5 Å². The van der Waals surface area contributed by atoms with Crippen molar-refractivity contribution in [2.75, 3.05) is 81.7 Å². The van der Waals surface area contributed by atoms with Crippen molar-refractivity contribution < 1.29 is 23.8 Å². The van der Waals surface area contributed by atoms with Crippen LogP contribution in [0.1, 0.15) is 23.7 Å². The number of amides is 3. The first kappa shape index (κ1) is 29.7. The Morgan fingerprint density at radius 3 is 2.18 bits per heavy atom. The van der Waals surface area contributed by atoms with E-state index in [1.54, 1.807) is 36.4 Å². The molecule has 2 unspecified atom stereocenters. The Morgan fingerprint density at radius 2 is 1.52 bits per heavy atom. The Balaban J connectivity index is 1.10. The van der Waals surface area contributed by atoms with E-state index in [-0.39, 0.29) is 24.1 Å². The van der Waals surface area contributed by atoms with Crippen molar-refractivity contribution in [3.05, 3.63) is 54.1 Å². The quantitative estimate of drug-likeness (QED) is 0.416. The second-order valence-corrected chi connectivity index (χ2v) is 11.3. The molecule has 3 aliphatic heterocycles. The zero-order valence-corrected chi connectivity index (χ0v) is 25.1. The molecule has 3 aliphatic rings. The van der Waals surface area contributed by atoms with E-state index >= 15 is 0 Å². The maximum absolute atomic E-state index is 12.8. The summed E-state index contributed by atoms with van der Waals surface area (Å²) in [4.78, 5) is 45.7. The molecule has 3 fully saturated rings. The number of urea groups is 1. The zero-order valence-electron chi connectivity index (χ0n) is 25.1. The molecule has 2 atom stereocenters. The van der Waals surface area contributed by atoms with Gasteiger partial charge in [0.2, 0.25) is 5.95 Å². The van der Waals surface area contributed by atoms with E-state index in [4.69, 9.17) is 19.2 Å². The Bertz CT molecular complexity index is 1440. The fraction of sp³-hybridized carbons (Fsp3) is 0.452. The van der Waals surface area contributed by atoms with Gasteiger partial charge >= 0.3 is 12.0 Å². The Kier molecular flexibility index (Phi) is 9.15. The molecular weight excluding hydrogens is 564 g/mol. The first-order valence-corrected chi connectivity index (χ1v) is 15.0. The van der Waals surface area contributed by atoms with Gasteiger partial charge in [0.1, 0.15) is 6.10 Å². The summed E-state index contributed by atoms with van der Waals surface area (Å²) in [5.41, 5.74) is 2.55. The first-order valence-electron chi connectivity index (χ1n) is 15.0. The maximum atomic E-state index is 12.8. The molecule has 0 bridgehead atoms. The minimum atomic E-state index is -0.394. The number of nitrogens with one attached hydrogen (secondary N) is 2. The molecule has 0 radical (unpaired) electrons. The van der Waals surface area contributed by atoms with Gasteiger partial charge in [0.05, 0.1) is 32.5 Å². The van der Waals surface area contributed by atoms with E-state index in [0.717, 1.165) is 25.1 Å². The number of nitrogens with zero attached hydrogens (tertiary/aromatic N) is 6. The molecule has 6 rings (SSSR count). The Labute approximate surface area is 256 Å². The van der Waals surface area contributed by atoms with Crippen molar-refractivity contribution in [1.29, 1.82) is 0 Å². The van der Waals surface area contributed by atoms with E-state index in [9.17, 15) is 9.59 Å². The number of likely N-dealkylation sites (N-methyl/N-ethyl adjacent to an activating group) is 1. The van der Waals surface area contributed by atoms with Gasteiger partial charge in [-0.1, -0.05) is 0 Å². The lowest BCUT2D eigenvalue weighted by atomic mass is 10.1. The van der Waals surface area contributed by atoms with E-state index in [2.05, 4.69) is 44.4 Å². The molecule has 13 heteroatoms. The van der Waals surface area contributed by atoms with Crippen LogP contribution in [0.3, 0.4) is 0 Å². The van der Waals surface area contributed by atoms with E-state index in [0.29, 0.717) is 74.8 Å². The zero-order chi connectivity index (χ0) is 30.5. The average molecular weight is 603 g/mol. The molecule has 232 valence electrons.